The first-order chi connectivity index (χ1) is 62.1. The highest BCUT2D eigenvalue weighted by atomic mass is 35.5. The highest BCUT2D eigenvalue weighted by Gasteiger charge is 2.28. The number of rotatable bonds is 19. The van der Waals surface area contributed by atoms with Crippen LogP contribution in [0.4, 0.5) is 38.8 Å². The molecule has 16 rings (SSSR count). The van der Waals surface area contributed by atoms with Gasteiger partial charge < -0.3 is 64.7 Å². The fourth-order valence-corrected chi connectivity index (χ4v) is 13.8. The molecule has 1 amide bonds. The Morgan fingerprint density at radius 1 is 0.574 bits per heavy atom. The number of ether oxygens (including phenoxy) is 9. The van der Waals surface area contributed by atoms with Crippen LogP contribution in [0.5, 0.6) is 34.9 Å². The quantitative estimate of drug-likeness (QED) is 0.00752. The van der Waals surface area contributed by atoms with Gasteiger partial charge in [-0.2, -0.15) is 20.6 Å². The second-order valence-corrected chi connectivity index (χ2v) is 31.5. The van der Waals surface area contributed by atoms with Crippen LogP contribution in [0.1, 0.15) is 170 Å². The Hall–Kier alpha value is -12.5. The number of hydrazine groups is 1. The molecular weight excluding hydrogens is 1700 g/mol. The minimum absolute atomic E-state index is 0.120. The number of amides is 1. The van der Waals surface area contributed by atoms with E-state index in [1.807, 2.05) is 112 Å². The highest BCUT2D eigenvalue weighted by Crippen LogP contribution is 2.38. The first-order valence-corrected chi connectivity index (χ1v) is 43.4. The molecular formula is C93H115Cl2FN20O13. The molecule has 0 bridgehead atoms. The molecule has 5 aliphatic rings. The van der Waals surface area contributed by atoms with Crippen LogP contribution in [0.3, 0.4) is 0 Å². The molecule has 11 aromatic rings. The Labute approximate surface area is 760 Å². The summed E-state index contributed by atoms with van der Waals surface area (Å²) >= 11 is 11.2. The molecule has 1 unspecified atom stereocenters. The maximum Gasteiger partial charge on any atom is 0.316 e. The zero-order chi connectivity index (χ0) is 92.9. The van der Waals surface area contributed by atoms with Gasteiger partial charge in [0.05, 0.1) is 66.1 Å². The van der Waals surface area contributed by atoms with Crippen molar-refractivity contribution in [2.75, 3.05) is 89.0 Å². The molecule has 33 nitrogen and oxygen atoms in total. The largest absolute Gasteiger partial charge is 0.465 e. The molecule has 5 saturated heterocycles. The summed E-state index contributed by atoms with van der Waals surface area (Å²) < 4.78 is 69.7. The van der Waals surface area contributed by atoms with Crippen molar-refractivity contribution in [3.63, 3.8) is 0 Å². The molecule has 5 fully saturated rings. The van der Waals surface area contributed by atoms with Crippen molar-refractivity contribution in [3.8, 4) is 41.0 Å². The smallest absolute Gasteiger partial charge is 0.316 e. The normalized spacial score (nSPS) is 14.8. The maximum absolute atomic E-state index is 12.0. The number of anilines is 5. The molecule has 0 radical (unpaired) electrons. The Morgan fingerprint density at radius 3 is 1.36 bits per heavy atom. The van der Waals surface area contributed by atoms with E-state index in [0.29, 0.717) is 81.3 Å². The van der Waals surface area contributed by atoms with Gasteiger partial charge in [-0.3, -0.25) is 35.5 Å². The highest BCUT2D eigenvalue weighted by molar-refractivity contribution is 6.29. The van der Waals surface area contributed by atoms with Gasteiger partial charge in [-0.25, -0.2) is 47.9 Å². The number of carbonyl (C=O) groups is 3. The number of nitriles is 1. The molecule has 5 aliphatic heterocycles. The summed E-state index contributed by atoms with van der Waals surface area (Å²) in [4.78, 5) is 64.2. The lowest BCUT2D eigenvalue weighted by Gasteiger charge is -2.24. The summed E-state index contributed by atoms with van der Waals surface area (Å²) in [6.45, 7) is 35.7. The lowest BCUT2D eigenvalue weighted by molar-refractivity contribution is -0.150. The minimum Gasteiger partial charge on any atom is -0.465 e. The number of primary amides is 1. The van der Waals surface area contributed by atoms with Gasteiger partial charge in [0, 0.05) is 172 Å². The molecule has 686 valence electrons. The number of aromatic nitrogens is 12. The average Bonchev–Trinajstić information content (AvgIpc) is 1.67. The van der Waals surface area contributed by atoms with Gasteiger partial charge in [0.1, 0.15) is 56.7 Å². The Balaban J connectivity index is 0.000000175. The first kappa shape index (κ1) is 100. The number of carbonyl (C=O) groups excluding carboxylic acids is 3. The lowest BCUT2D eigenvalue weighted by Crippen LogP contribution is -2.39. The number of esters is 1. The van der Waals surface area contributed by atoms with Gasteiger partial charge in [-0.15, -0.1) is 0 Å². The minimum atomic E-state index is -0.611. The molecule has 0 saturated carbocycles. The molecule has 0 spiro atoms. The van der Waals surface area contributed by atoms with Crippen molar-refractivity contribution in [3.05, 3.63) is 240 Å². The van der Waals surface area contributed by atoms with Crippen molar-refractivity contribution < 1.29 is 61.4 Å². The molecule has 1 atom stereocenters. The average molecular weight is 1810 g/mol. The summed E-state index contributed by atoms with van der Waals surface area (Å²) in [5.41, 5.74) is 25.2. The van der Waals surface area contributed by atoms with E-state index in [4.69, 9.17) is 100 Å². The van der Waals surface area contributed by atoms with Crippen LogP contribution in [0.2, 0.25) is 10.3 Å². The van der Waals surface area contributed by atoms with Crippen LogP contribution >= 0.6 is 23.2 Å². The Kier molecular flexibility index (Phi) is 40.0. The van der Waals surface area contributed by atoms with Gasteiger partial charge >= 0.3 is 5.97 Å². The van der Waals surface area contributed by atoms with E-state index in [1.165, 1.54) is 19.2 Å². The van der Waals surface area contributed by atoms with E-state index in [0.717, 1.165) is 210 Å². The predicted molar refractivity (Wildman–Crippen MR) is 491 cm³/mol. The van der Waals surface area contributed by atoms with Crippen molar-refractivity contribution in [2.45, 2.75) is 171 Å². The van der Waals surface area contributed by atoms with Crippen molar-refractivity contribution >= 4 is 75.2 Å². The monoisotopic (exact) mass is 1810 g/mol. The van der Waals surface area contributed by atoms with Crippen LogP contribution in [0, 0.1) is 85.0 Å². The van der Waals surface area contributed by atoms with E-state index < -0.39 is 17.8 Å². The predicted octanol–water partition coefficient (Wildman–Crippen LogP) is 17.5. The number of pyridine rings is 4. The third kappa shape index (κ3) is 31.2. The number of hydrogen-bond donors (Lipinski definition) is 7. The summed E-state index contributed by atoms with van der Waals surface area (Å²) in [6.07, 6.45) is 15.9. The molecule has 36 heteroatoms. The van der Waals surface area contributed by atoms with E-state index in [2.05, 4.69) is 55.8 Å². The topological polar surface area (TPSA) is 419 Å². The second-order valence-electron chi connectivity index (χ2n) is 30.7. The number of Topliss-reactive ketones (excluding diaryl/α,β-unsaturated/α-hetero) is 1. The van der Waals surface area contributed by atoms with Crippen LogP contribution in [0.25, 0.3) is 4.85 Å². The number of nitrogen functional groups attached to an aromatic ring is 1. The van der Waals surface area contributed by atoms with E-state index in [9.17, 15) is 23.6 Å². The van der Waals surface area contributed by atoms with Gasteiger partial charge in [0.15, 0.2) is 5.69 Å². The number of nitrogens with two attached hydrogens (primary N) is 3. The summed E-state index contributed by atoms with van der Waals surface area (Å²) in [7, 11) is 0. The fraction of sp³-hybridized carbons (Fsp3) is 0.409. The van der Waals surface area contributed by atoms with Crippen LogP contribution in [-0.4, -0.2) is 155 Å². The zero-order valence-electron chi connectivity index (χ0n) is 74.7. The summed E-state index contributed by atoms with van der Waals surface area (Å²) in [6, 6.07) is 38.0. The number of nitrogens with one attached hydrogen (secondary N) is 4. The van der Waals surface area contributed by atoms with Gasteiger partial charge in [-0.1, -0.05) is 47.5 Å². The maximum atomic E-state index is 12.0. The van der Waals surface area contributed by atoms with Crippen LogP contribution in [-0.2, 0) is 38.0 Å². The molecule has 0 aliphatic carbocycles. The molecule has 10 N–H and O–H groups in total. The number of halogens is 3. The van der Waals surface area contributed by atoms with Crippen LogP contribution in [0.15, 0.2) is 151 Å². The molecule has 8 aromatic heterocycles. The molecule has 13 heterocycles. The Morgan fingerprint density at radius 2 is 0.992 bits per heavy atom. The number of H-pyrrole nitrogens is 1. The third-order valence-electron chi connectivity index (χ3n) is 21.4. The molecule has 3 aromatic carbocycles. The zero-order valence-corrected chi connectivity index (χ0v) is 76.2. The van der Waals surface area contributed by atoms with Crippen molar-refractivity contribution in [1.82, 2.24) is 64.5 Å². The van der Waals surface area contributed by atoms with Crippen molar-refractivity contribution in [1.29, 1.82) is 5.26 Å². The SMILES string of the molecule is CCOC(=O)C(C)C(C)=O.Cc1[nH]n(C2CCOCC2)c(=O)c1C.Cc1nn(C2CCOCC2)c(Oc2ccnc(Cl)c2)c1C.Cc1nn(C2CCOCC2)c(Oc2ccnc(Nc3cccc(C(N)=O)c3)c2)c1C.Fc1ccnc(Cl)c1.N#Cc1cccc(N)c1.NNC1CCOCC1.[C-]#[N+]c1cccc(Nc2cc(Oc3c(C)c(C)nn3C3CCOCC3)ccn2)c1. The van der Waals surface area contributed by atoms with E-state index >= 15 is 0 Å². The van der Waals surface area contributed by atoms with Crippen molar-refractivity contribution in [2.24, 2.45) is 17.5 Å². The number of benzene rings is 3. The lowest BCUT2D eigenvalue weighted by atomic mass is 10.1. The first-order valence-electron chi connectivity index (χ1n) is 42.6. The number of nitrogens with zero attached hydrogens (tertiary/aromatic N) is 13. The van der Waals surface area contributed by atoms with Crippen LogP contribution < -0.4 is 53.1 Å². The van der Waals surface area contributed by atoms with E-state index in [1.54, 1.807) is 110 Å². The number of aryl methyl sites for hydroxylation is 4. The number of ketones is 1. The Bertz CT molecular complexity index is 5560. The molecule has 129 heavy (non-hydrogen) atoms. The van der Waals surface area contributed by atoms with Gasteiger partial charge in [-0.05, 0) is 213 Å². The standard InChI is InChI=1S/C22H25N5O3.C22H23N5O2.C15H18ClN3O2.C10H16N2O2.C7H6N2.C7H12O3.C5H3ClFN.C5H12N2O/c1-14-15(2)26-27(18-7-10-29-11-8-18)22(14)30-19-6-9-24-20(13-19)25-17-5-3-4-16(12-17)21(23)28;1-15-16(2)26-27(19-8-11-28-12-9-19)22(15)29-20-7-10-24-21(14-20)25-18-6-4-5-17(13-18)23-3;1-10-11(2)18-19(12-4-7-20-8-5-12)15(10)21-13-3-6-17-14(16)9-13;1-7-8(2)11-12(10(7)13)9-3-5-14-6-4-9;8-5-6-2-1-3-7(9)4-6;1-4-10-7(9)5(2)6(3)8;6-5-3-4(7)1-2-8-5;6-7-5-1-3-8-4-2-5/h3-6,9,12-13,18H,7-8,10-11H2,1-2H3,(H2,23,28)(H,24,25);4-7,10,13-14,19H,8-9,11-12H2,1-2H3,(H,24,25);3,6,9,12H,4-5,7-8H2,1-2H3;9,11H,3-6H2,1-2H3;1-4H,9H2;5H,4H2,1-3H3;1-3H;5,7H,1-4,6H2. The summed E-state index contributed by atoms with van der Waals surface area (Å²) in [5, 5.41) is 32.6. The third-order valence-corrected chi connectivity index (χ3v) is 21.8. The van der Waals surface area contributed by atoms with Gasteiger partial charge in [0.2, 0.25) is 23.5 Å². The number of aromatic amines is 1. The van der Waals surface area contributed by atoms with Gasteiger partial charge in [0.25, 0.3) is 5.56 Å². The van der Waals surface area contributed by atoms with E-state index in [-0.39, 0.29) is 34.4 Å². The fourth-order valence-electron chi connectivity index (χ4n) is 13.4. The second kappa shape index (κ2) is 51.5. The number of hydrogen-bond acceptors (Lipinski definition) is 26. The summed E-state index contributed by atoms with van der Waals surface area (Å²) in [5.74, 6) is 8.70.